The Balaban J connectivity index is 2.58. The second-order valence-corrected chi connectivity index (χ2v) is 6.21. The Morgan fingerprint density at radius 1 is 1.25 bits per heavy atom. The SMILES string of the molecule is COc1c(Br)cc(Cl)cc1C(N)c1cccc(F)c1Br. The van der Waals surface area contributed by atoms with Crippen LogP contribution in [0.2, 0.25) is 5.02 Å². The molecule has 0 aliphatic rings. The number of hydrogen-bond acceptors (Lipinski definition) is 2. The summed E-state index contributed by atoms with van der Waals surface area (Å²) < 4.78 is 20.0. The molecule has 2 rings (SSSR count). The molecule has 0 amide bonds. The molecule has 0 aliphatic carbocycles. The Morgan fingerprint density at radius 2 is 1.95 bits per heavy atom. The van der Waals surface area contributed by atoms with Gasteiger partial charge in [-0.05, 0) is 55.6 Å². The summed E-state index contributed by atoms with van der Waals surface area (Å²) in [5.41, 5.74) is 7.55. The summed E-state index contributed by atoms with van der Waals surface area (Å²) in [4.78, 5) is 0. The summed E-state index contributed by atoms with van der Waals surface area (Å²) in [6, 6.07) is 7.61. The third kappa shape index (κ3) is 3.01. The van der Waals surface area contributed by atoms with Gasteiger partial charge in [-0.25, -0.2) is 4.39 Å². The summed E-state index contributed by atoms with van der Waals surface area (Å²) in [7, 11) is 1.55. The Bertz CT molecular complexity index is 651. The standard InChI is InChI=1S/C14H11Br2ClFNO/c1-20-14-9(5-7(17)6-10(14)15)13(19)8-3-2-4-11(18)12(8)16/h2-6,13H,19H2,1H3. The lowest BCUT2D eigenvalue weighted by Gasteiger charge is -2.19. The van der Waals surface area contributed by atoms with Crippen molar-refractivity contribution >= 4 is 43.5 Å². The predicted octanol–water partition coefficient (Wildman–Crippen LogP) is 5.06. The number of halogens is 4. The zero-order valence-corrected chi connectivity index (χ0v) is 14.4. The Labute approximate surface area is 138 Å². The molecule has 0 radical (unpaired) electrons. The number of rotatable bonds is 3. The highest BCUT2D eigenvalue weighted by molar-refractivity contribution is 9.10. The van der Waals surface area contributed by atoms with Gasteiger partial charge in [-0.1, -0.05) is 23.7 Å². The fourth-order valence-electron chi connectivity index (χ4n) is 1.95. The third-order valence-electron chi connectivity index (χ3n) is 2.89. The minimum atomic E-state index is -0.565. The maximum absolute atomic E-state index is 13.6. The van der Waals surface area contributed by atoms with Crippen LogP contribution in [0.3, 0.4) is 0 Å². The van der Waals surface area contributed by atoms with Crippen molar-refractivity contribution in [3.05, 3.63) is 61.2 Å². The van der Waals surface area contributed by atoms with Crippen molar-refractivity contribution in [2.75, 3.05) is 7.11 Å². The molecular formula is C14H11Br2ClFNO. The van der Waals surface area contributed by atoms with E-state index >= 15 is 0 Å². The maximum Gasteiger partial charge on any atom is 0.138 e. The van der Waals surface area contributed by atoms with Crippen molar-refractivity contribution in [1.29, 1.82) is 0 Å². The van der Waals surface area contributed by atoms with Gasteiger partial charge < -0.3 is 10.5 Å². The van der Waals surface area contributed by atoms with Gasteiger partial charge >= 0.3 is 0 Å². The van der Waals surface area contributed by atoms with Crippen LogP contribution in [0.15, 0.2) is 39.3 Å². The lowest BCUT2D eigenvalue weighted by molar-refractivity contribution is 0.405. The summed E-state index contributed by atoms with van der Waals surface area (Å²) in [5.74, 6) is 0.219. The summed E-state index contributed by atoms with van der Waals surface area (Å²) in [5, 5.41) is 0.524. The van der Waals surface area contributed by atoms with Crippen LogP contribution in [0.1, 0.15) is 17.2 Å². The largest absolute Gasteiger partial charge is 0.495 e. The van der Waals surface area contributed by atoms with Crippen LogP contribution in [-0.2, 0) is 0 Å². The van der Waals surface area contributed by atoms with Crippen molar-refractivity contribution in [2.24, 2.45) is 5.73 Å². The van der Waals surface area contributed by atoms with Crippen LogP contribution in [0.4, 0.5) is 4.39 Å². The van der Waals surface area contributed by atoms with Gasteiger partial charge in [0.15, 0.2) is 0 Å². The molecule has 0 aromatic heterocycles. The fourth-order valence-corrected chi connectivity index (χ4v) is 3.46. The van der Waals surface area contributed by atoms with E-state index in [2.05, 4.69) is 31.9 Å². The van der Waals surface area contributed by atoms with Crippen molar-refractivity contribution in [3.63, 3.8) is 0 Å². The molecular weight excluding hydrogens is 412 g/mol. The third-order valence-corrected chi connectivity index (χ3v) is 4.54. The monoisotopic (exact) mass is 421 g/mol. The number of nitrogens with two attached hydrogens (primary N) is 1. The molecule has 1 atom stereocenters. The van der Waals surface area contributed by atoms with E-state index in [4.69, 9.17) is 22.1 Å². The highest BCUT2D eigenvalue weighted by Crippen LogP contribution is 2.39. The Kier molecular flexibility index (Phi) is 5.07. The highest BCUT2D eigenvalue weighted by atomic mass is 79.9. The zero-order valence-electron chi connectivity index (χ0n) is 10.5. The van der Waals surface area contributed by atoms with E-state index in [1.807, 2.05) is 0 Å². The van der Waals surface area contributed by atoms with Gasteiger partial charge in [-0.2, -0.15) is 0 Å². The molecule has 0 heterocycles. The lowest BCUT2D eigenvalue weighted by atomic mass is 9.98. The van der Waals surface area contributed by atoms with Gasteiger partial charge in [-0.15, -0.1) is 0 Å². The zero-order chi connectivity index (χ0) is 14.9. The molecule has 0 bridgehead atoms. The first-order valence-corrected chi connectivity index (χ1v) is 7.64. The summed E-state index contributed by atoms with van der Waals surface area (Å²) in [6.07, 6.45) is 0. The number of hydrogen-bond donors (Lipinski definition) is 1. The van der Waals surface area contributed by atoms with Crippen LogP contribution >= 0.6 is 43.5 Å². The van der Waals surface area contributed by atoms with E-state index in [1.54, 1.807) is 31.4 Å². The molecule has 0 saturated heterocycles. The molecule has 0 saturated carbocycles. The number of ether oxygens (including phenoxy) is 1. The van der Waals surface area contributed by atoms with Crippen molar-refractivity contribution in [1.82, 2.24) is 0 Å². The van der Waals surface area contributed by atoms with Crippen LogP contribution in [0, 0.1) is 5.82 Å². The molecule has 2 aromatic rings. The van der Waals surface area contributed by atoms with E-state index in [-0.39, 0.29) is 5.82 Å². The number of benzene rings is 2. The van der Waals surface area contributed by atoms with Gasteiger partial charge in [0.25, 0.3) is 0 Å². The van der Waals surface area contributed by atoms with Crippen LogP contribution < -0.4 is 10.5 Å². The molecule has 1 unspecified atom stereocenters. The van der Waals surface area contributed by atoms with Gasteiger partial charge in [0.05, 0.1) is 22.1 Å². The first-order valence-electron chi connectivity index (χ1n) is 5.68. The summed E-state index contributed by atoms with van der Waals surface area (Å²) >= 11 is 12.7. The van der Waals surface area contributed by atoms with E-state index in [0.29, 0.717) is 30.8 Å². The smallest absolute Gasteiger partial charge is 0.138 e. The van der Waals surface area contributed by atoms with Crippen molar-refractivity contribution in [2.45, 2.75) is 6.04 Å². The normalized spacial score (nSPS) is 12.3. The molecule has 0 spiro atoms. The van der Waals surface area contributed by atoms with Crippen LogP contribution in [0.25, 0.3) is 0 Å². The molecule has 2 aromatic carbocycles. The molecule has 2 N–H and O–H groups in total. The van der Waals surface area contributed by atoms with Crippen molar-refractivity contribution in [3.8, 4) is 5.75 Å². The minimum absolute atomic E-state index is 0.339. The predicted molar refractivity (Wildman–Crippen MR) is 85.8 cm³/mol. The number of methoxy groups -OCH3 is 1. The van der Waals surface area contributed by atoms with Crippen LogP contribution in [0.5, 0.6) is 5.75 Å². The molecule has 2 nitrogen and oxygen atoms in total. The molecule has 0 fully saturated rings. The van der Waals surface area contributed by atoms with Crippen LogP contribution in [-0.4, -0.2) is 7.11 Å². The topological polar surface area (TPSA) is 35.2 Å². The second-order valence-electron chi connectivity index (χ2n) is 4.13. The fraction of sp³-hybridized carbons (Fsp3) is 0.143. The first-order chi connectivity index (χ1) is 9.45. The average molecular weight is 424 g/mol. The average Bonchev–Trinajstić information content (AvgIpc) is 2.40. The van der Waals surface area contributed by atoms with E-state index in [1.165, 1.54) is 6.07 Å². The van der Waals surface area contributed by atoms with Gasteiger partial charge in [0.1, 0.15) is 11.6 Å². The minimum Gasteiger partial charge on any atom is -0.495 e. The first kappa shape index (κ1) is 15.8. The van der Waals surface area contributed by atoms with E-state index < -0.39 is 6.04 Å². The Morgan fingerprint density at radius 3 is 2.60 bits per heavy atom. The molecule has 20 heavy (non-hydrogen) atoms. The Hall–Kier alpha value is -0.620. The quantitative estimate of drug-likeness (QED) is 0.749. The van der Waals surface area contributed by atoms with Crippen molar-refractivity contribution < 1.29 is 9.13 Å². The molecule has 0 aliphatic heterocycles. The van der Waals surface area contributed by atoms with Gasteiger partial charge in [-0.3, -0.25) is 0 Å². The van der Waals surface area contributed by atoms with E-state index in [0.717, 1.165) is 0 Å². The molecule has 6 heteroatoms. The van der Waals surface area contributed by atoms with Gasteiger partial charge in [0, 0.05) is 10.6 Å². The molecule has 106 valence electrons. The second kappa shape index (κ2) is 6.43. The maximum atomic E-state index is 13.6. The lowest BCUT2D eigenvalue weighted by Crippen LogP contribution is -2.14. The van der Waals surface area contributed by atoms with Gasteiger partial charge in [0.2, 0.25) is 0 Å². The summed E-state index contributed by atoms with van der Waals surface area (Å²) in [6.45, 7) is 0. The highest BCUT2D eigenvalue weighted by Gasteiger charge is 2.20. The van der Waals surface area contributed by atoms with E-state index in [9.17, 15) is 4.39 Å².